The molecule has 0 amide bonds. The predicted molar refractivity (Wildman–Crippen MR) is 233 cm³/mol. The third-order valence-electron chi connectivity index (χ3n) is 9.66. The molecular formula is C49H84O6. The first kappa shape index (κ1) is 52.1. The fourth-order valence-electron chi connectivity index (χ4n) is 6.24. The first-order chi connectivity index (χ1) is 27.0. The molecule has 0 saturated heterocycles. The van der Waals surface area contributed by atoms with Crippen LogP contribution < -0.4 is 0 Å². The van der Waals surface area contributed by atoms with Crippen molar-refractivity contribution in [3.05, 3.63) is 60.8 Å². The number of ether oxygens (including phenoxy) is 3. The third-order valence-corrected chi connectivity index (χ3v) is 9.66. The van der Waals surface area contributed by atoms with Crippen LogP contribution in [0.25, 0.3) is 0 Å². The number of allylic oxidation sites excluding steroid dienone is 10. The minimum absolute atomic E-state index is 0.100. The van der Waals surface area contributed by atoms with Crippen molar-refractivity contribution in [3.63, 3.8) is 0 Å². The molecule has 0 heterocycles. The van der Waals surface area contributed by atoms with Crippen LogP contribution in [0.15, 0.2) is 60.8 Å². The van der Waals surface area contributed by atoms with E-state index in [1.165, 1.54) is 116 Å². The molecule has 6 nitrogen and oxygen atoms in total. The number of carbonyl (C=O) groups is 3. The number of unbranched alkanes of at least 4 members (excludes halogenated alkanes) is 23. The Bertz CT molecular complexity index is 1020. The molecule has 0 aliphatic rings. The van der Waals surface area contributed by atoms with E-state index in [4.69, 9.17) is 14.2 Å². The zero-order valence-electron chi connectivity index (χ0n) is 35.9. The Morgan fingerprint density at radius 3 is 1.09 bits per heavy atom. The van der Waals surface area contributed by atoms with Crippen molar-refractivity contribution in [2.45, 2.75) is 219 Å². The van der Waals surface area contributed by atoms with E-state index < -0.39 is 6.10 Å². The van der Waals surface area contributed by atoms with Crippen LogP contribution >= 0.6 is 0 Å². The number of rotatable bonds is 40. The molecule has 0 radical (unpaired) electrons. The Labute approximate surface area is 339 Å². The van der Waals surface area contributed by atoms with Crippen molar-refractivity contribution in [2.75, 3.05) is 13.2 Å². The molecular weight excluding hydrogens is 685 g/mol. The maximum Gasteiger partial charge on any atom is 0.306 e. The van der Waals surface area contributed by atoms with Crippen molar-refractivity contribution in [1.82, 2.24) is 0 Å². The van der Waals surface area contributed by atoms with Crippen LogP contribution in [0, 0.1) is 0 Å². The molecule has 0 saturated carbocycles. The van der Waals surface area contributed by atoms with Gasteiger partial charge in [0.25, 0.3) is 0 Å². The topological polar surface area (TPSA) is 78.9 Å². The van der Waals surface area contributed by atoms with E-state index >= 15 is 0 Å². The lowest BCUT2D eigenvalue weighted by Crippen LogP contribution is -2.30. The second kappa shape index (κ2) is 43.8. The Morgan fingerprint density at radius 1 is 0.382 bits per heavy atom. The predicted octanol–water partition coefficient (Wildman–Crippen LogP) is 14.5. The van der Waals surface area contributed by atoms with Crippen LogP contribution in [0.2, 0.25) is 0 Å². The highest BCUT2D eigenvalue weighted by Crippen LogP contribution is 2.15. The van der Waals surface area contributed by atoms with Crippen LogP contribution in [0.5, 0.6) is 0 Å². The van der Waals surface area contributed by atoms with E-state index in [1.807, 2.05) is 54.7 Å². The van der Waals surface area contributed by atoms with Gasteiger partial charge in [-0.25, -0.2) is 0 Å². The molecule has 0 aromatic heterocycles. The molecule has 1 atom stereocenters. The maximum atomic E-state index is 12.7. The van der Waals surface area contributed by atoms with Gasteiger partial charge in [-0.1, -0.05) is 223 Å². The minimum atomic E-state index is -0.804. The van der Waals surface area contributed by atoms with Gasteiger partial charge in [-0.3, -0.25) is 14.4 Å². The molecule has 0 bridgehead atoms. The zero-order valence-corrected chi connectivity index (χ0v) is 35.9. The molecule has 0 spiro atoms. The van der Waals surface area contributed by atoms with E-state index in [-0.39, 0.29) is 37.5 Å². The van der Waals surface area contributed by atoms with Gasteiger partial charge < -0.3 is 14.2 Å². The van der Waals surface area contributed by atoms with Crippen molar-refractivity contribution >= 4 is 17.9 Å². The van der Waals surface area contributed by atoms with Crippen LogP contribution in [-0.2, 0) is 28.6 Å². The summed E-state index contributed by atoms with van der Waals surface area (Å²) in [7, 11) is 0. The fraction of sp³-hybridized carbons (Fsp3) is 0.735. The summed E-state index contributed by atoms with van der Waals surface area (Å²) in [5, 5.41) is 0. The fourth-order valence-corrected chi connectivity index (χ4v) is 6.24. The highest BCUT2D eigenvalue weighted by Gasteiger charge is 2.19. The molecule has 0 rings (SSSR count). The smallest absolute Gasteiger partial charge is 0.306 e. The second-order valence-corrected chi connectivity index (χ2v) is 15.1. The Hall–Kier alpha value is -2.89. The minimum Gasteiger partial charge on any atom is -0.462 e. The Morgan fingerprint density at radius 2 is 0.709 bits per heavy atom. The lowest BCUT2D eigenvalue weighted by atomic mass is 10.0. The summed E-state index contributed by atoms with van der Waals surface area (Å²) in [6, 6.07) is 0. The third kappa shape index (κ3) is 42.1. The summed E-state index contributed by atoms with van der Waals surface area (Å²) >= 11 is 0. The number of hydrogen-bond donors (Lipinski definition) is 0. The first-order valence-corrected chi connectivity index (χ1v) is 22.9. The van der Waals surface area contributed by atoms with Crippen molar-refractivity contribution in [1.29, 1.82) is 0 Å². The highest BCUT2D eigenvalue weighted by atomic mass is 16.6. The SMILES string of the molecule is CC\C=C/C=C\C=C/C=C\C=C/CCCC(=O)OC(COC(=O)CCCCCCCCCCCC)COC(=O)CCCCCCCCCCCCCCCC. The Kier molecular flexibility index (Phi) is 41.5. The molecule has 6 heteroatoms. The quantitative estimate of drug-likeness (QED) is 0.0267. The van der Waals surface area contributed by atoms with Crippen LogP contribution in [0.4, 0.5) is 0 Å². The molecule has 0 N–H and O–H groups in total. The monoisotopic (exact) mass is 769 g/mol. The molecule has 0 aliphatic carbocycles. The van der Waals surface area contributed by atoms with Crippen LogP contribution in [-0.4, -0.2) is 37.2 Å². The summed E-state index contributed by atoms with van der Waals surface area (Å²) in [6.07, 6.45) is 52.1. The standard InChI is InChI=1S/C49H84O6/c1-4-7-10-13-16-19-22-24-26-27-30-33-36-39-42-48(51)54-45-46(44-53-47(50)41-38-35-32-29-21-18-15-12-9-6-3)55-49(52)43-40-37-34-31-28-25-23-20-17-14-11-8-5-2/h8,11,14,17,20,23,25,28,31,34,46H,4-7,9-10,12-13,15-16,18-19,21-22,24,26-27,29-30,32-33,35-45H2,1-3H3/b11-8-,17-14-,23-20-,28-25-,34-31-. The van der Waals surface area contributed by atoms with Crippen LogP contribution in [0.3, 0.4) is 0 Å². The molecule has 1 unspecified atom stereocenters. The van der Waals surface area contributed by atoms with E-state index in [0.29, 0.717) is 19.3 Å². The molecule has 55 heavy (non-hydrogen) atoms. The van der Waals surface area contributed by atoms with E-state index in [2.05, 4.69) is 26.8 Å². The number of esters is 3. The normalized spacial score (nSPS) is 12.6. The lowest BCUT2D eigenvalue weighted by molar-refractivity contribution is -0.167. The average Bonchev–Trinajstić information content (AvgIpc) is 3.18. The van der Waals surface area contributed by atoms with Gasteiger partial charge in [-0.15, -0.1) is 0 Å². The van der Waals surface area contributed by atoms with Gasteiger partial charge in [0.05, 0.1) is 0 Å². The largest absolute Gasteiger partial charge is 0.462 e. The molecule has 0 aromatic carbocycles. The average molecular weight is 769 g/mol. The van der Waals surface area contributed by atoms with Crippen LogP contribution in [0.1, 0.15) is 213 Å². The van der Waals surface area contributed by atoms with Gasteiger partial charge in [-0.05, 0) is 32.1 Å². The summed E-state index contributed by atoms with van der Waals surface area (Å²) in [4.78, 5) is 37.7. The summed E-state index contributed by atoms with van der Waals surface area (Å²) in [5.74, 6) is -0.977. The number of carbonyl (C=O) groups excluding carboxylic acids is 3. The maximum absolute atomic E-state index is 12.7. The summed E-state index contributed by atoms with van der Waals surface area (Å²) in [6.45, 7) is 6.41. The molecule has 0 aliphatic heterocycles. The van der Waals surface area contributed by atoms with Gasteiger partial charge >= 0.3 is 17.9 Å². The summed E-state index contributed by atoms with van der Waals surface area (Å²) < 4.78 is 16.6. The second-order valence-electron chi connectivity index (χ2n) is 15.1. The first-order valence-electron chi connectivity index (χ1n) is 22.9. The van der Waals surface area contributed by atoms with Gasteiger partial charge in [0.1, 0.15) is 13.2 Å². The molecule has 0 aromatic rings. The van der Waals surface area contributed by atoms with Crippen molar-refractivity contribution in [3.8, 4) is 0 Å². The van der Waals surface area contributed by atoms with Crippen molar-refractivity contribution in [2.24, 2.45) is 0 Å². The number of hydrogen-bond acceptors (Lipinski definition) is 6. The van der Waals surface area contributed by atoms with Gasteiger partial charge in [0, 0.05) is 19.3 Å². The lowest BCUT2D eigenvalue weighted by Gasteiger charge is -2.18. The summed E-state index contributed by atoms with van der Waals surface area (Å²) in [5.41, 5.74) is 0. The van der Waals surface area contributed by atoms with Crippen molar-refractivity contribution < 1.29 is 28.6 Å². The highest BCUT2D eigenvalue weighted by molar-refractivity contribution is 5.71. The van der Waals surface area contributed by atoms with Gasteiger partial charge in [0.15, 0.2) is 6.10 Å². The molecule has 0 fully saturated rings. The van der Waals surface area contributed by atoms with E-state index in [1.54, 1.807) is 0 Å². The van der Waals surface area contributed by atoms with E-state index in [0.717, 1.165) is 51.4 Å². The Balaban J connectivity index is 4.47. The van der Waals surface area contributed by atoms with Gasteiger partial charge in [0.2, 0.25) is 0 Å². The molecule has 316 valence electrons. The van der Waals surface area contributed by atoms with E-state index in [9.17, 15) is 14.4 Å². The van der Waals surface area contributed by atoms with Gasteiger partial charge in [-0.2, -0.15) is 0 Å². The zero-order chi connectivity index (χ0) is 40.1.